The number of carbonyl (C=O) groups is 1. The first-order valence-electron chi connectivity index (χ1n) is 6.44. The Balaban J connectivity index is 2.21. The van der Waals surface area contributed by atoms with Crippen LogP contribution in [0.1, 0.15) is 25.0 Å². The van der Waals surface area contributed by atoms with Gasteiger partial charge in [0, 0.05) is 11.8 Å². The van der Waals surface area contributed by atoms with Crippen molar-refractivity contribution in [3.8, 4) is 0 Å². The fourth-order valence-electron chi connectivity index (χ4n) is 2.07. The molecule has 2 aromatic rings. The van der Waals surface area contributed by atoms with Gasteiger partial charge >= 0.3 is 0 Å². The summed E-state index contributed by atoms with van der Waals surface area (Å²) in [4.78, 5) is 12.4. The highest BCUT2D eigenvalue weighted by Gasteiger charge is 2.29. The number of benzene rings is 2. The lowest BCUT2D eigenvalue weighted by molar-refractivity contribution is -0.122. The molecule has 104 valence electrons. The Labute approximate surface area is 117 Å². The summed E-state index contributed by atoms with van der Waals surface area (Å²) in [5, 5.41) is 0. The molecule has 0 aliphatic carbocycles. The maximum absolute atomic E-state index is 13.2. The van der Waals surface area contributed by atoms with E-state index in [0.29, 0.717) is 5.56 Å². The summed E-state index contributed by atoms with van der Waals surface area (Å²) >= 11 is 0. The van der Waals surface area contributed by atoms with Gasteiger partial charge in [-0.15, -0.1) is 0 Å². The van der Waals surface area contributed by atoms with Gasteiger partial charge in [0.25, 0.3) is 0 Å². The average molecular weight is 274 g/mol. The van der Waals surface area contributed by atoms with Gasteiger partial charge in [0.2, 0.25) is 0 Å². The quantitative estimate of drug-likeness (QED) is 0.822. The number of carbonyl (C=O) groups excluding carboxylic acids is 1. The van der Waals surface area contributed by atoms with Crippen LogP contribution < -0.4 is 0 Å². The topological polar surface area (TPSA) is 17.1 Å². The zero-order chi connectivity index (χ0) is 14.8. The van der Waals surface area contributed by atoms with Gasteiger partial charge in [0.15, 0.2) is 11.6 Å². The van der Waals surface area contributed by atoms with Crippen LogP contribution in [0, 0.1) is 11.6 Å². The molecule has 3 heteroatoms. The molecule has 0 radical (unpaired) electrons. The molecule has 20 heavy (non-hydrogen) atoms. The number of halogens is 2. The molecular formula is C17H16F2O. The third kappa shape index (κ3) is 2.93. The van der Waals surface area contributed by atoms with Crippen LogP contribution in [0.2, 0.25) is 0 Å². The van der Waals surface area contributed by atoms with E-state index in [9.17, 15) is 13.6 Å². The van der Waals surface area contributed by atoms with Crippen LogP contribution in [-0.4, -0.2) is 5.78 Å². The summed E-state index contributed by atoms with van der Waals surface area (Å²) in [6.45, 7) is 3.68. The minimum atomic E-state index is -0.923. The summed E-state index contributed by atoms with van der Waals surface area (Å²) in [6, 6.07) is 13.0. The van der Waals surface area contributed by atoms with E-state index in [1.807, 2.05) is 44.2 Å². The molecule has 0 aromatic heterocycles. The molecule has 2 rings (SSSR count). The van der Waals surface area contributed by atoms with Gasteiger partial charge in [-0.3, -0.25) is 4.79 Å². The van der Waals surface area contributed by atoms with Gasteiger partial charge in [0.1, 0.15) is 5.78 Å². The molecule has 0 saturated heterocycles. The Morgan fingerprint density at radius 2 is 1.65 bits per heavy atom. The first-order chi connectivity index (χ1) is 9.41. The molecule has 0 fully saturated rings. The van der Waals surface area contributed by atoms with Crippen LogP contribution in [0.15, 0.2) is 48.5 Å². The lowest BCUT2D eigenvalue weighted by atomic mass is 9.78. The van der Waals surface area contributed by atoms with Crippen LogP contribution in [0.5, 0.6) is 0 Å². The zero-order valence-electron chi connectivity index (χ0n) is 11.5. The minimum absolute atomic E-state index is 0.0327. The molecule has 2 aromatic carbocycles. The van der Waals surface area contributed by atoms with Gasteiger partial charge in [-0.25, -0.2) is 8.78 Å². The fourth-order valence-corrected chi connectivity index (χ4v) is 2.07. The zero-order valence-corrected chi connectivity index (χ0v) is 11.5. The molecule has 0 heterocycles. The van der Waals surface area contributed by atoms with E-state index in [1.165, 1.54) is 6.07 Å². The van der Waals surface area contributed by atoms with E-state index in [2.05, 4.69) is 0 Å². The largest absolute Gasteiger partial charge is 0.298 e. The number of hydrogen-bond acceptors (Lipinski definition) is 1. The Kier molecular flexibility index (Phi) is 3.98. The Hall–Kier alpha value is -2.03. The highest BCUT2D eigenvalue weighted by molar-refractivity contribution is 5.91. The van der Waals surface area contributed by atoms with Crippen LogP contribution >= 0.6 is 0 Å². The van der Waals surface area contributed by atoms with E-state index in [-0.39, 0.29) is 12.2 Å². The Bertz CT molecular complexity index is 618. The second-order valence-electron chi connectivity index (χ2n) is 5.34. The van der Waals surface area contributed by atoms with Crippen molar-refractivity contribution in [2.24, 2.45) is 0 Å². The standard InChI is InChI=1S/C17H16F2O/c1-17(2,13-6-4-3-5-7-13)16(20)11-12-8-9-14(18)15(19)10-12/h3-10H,11H2,1-2H3. The van der Waals surface area contributed by atoms with Gasteiger partial charge in [-0.05, 0) is 37.1 Å². The van der Waals surface area contributed by atoms with Crippen molar-refractivity contribution in [1.82, 2.24) is 0 Å². The predicted molar refractivity (Wildman–Crippen MR) is 74.5 cm³/mol. The van der Waals surface area contributed by atoms with Gasteiger partial charge in [0.05, 0.1) is 0 Å². The molecule has 1 nitrogen and oxygen atoms in total. The van der Waals surface area contributed by atoms with Gasteiger partial charge in [-0.1, -0.05) is 36.4 Å². The van der Waals surface area contributed by atoms with Crippen molar-refractivity contribution in [1.29, 1.82) is 0 Å². The highest BCUT2D eigenvalue weighted by atomic mass is 19.2. The first kappa shape index (κ1) is 14.4. The van der Waals surface area contributed by atoms with Crippen LogP contribution in [0.25, 0.3) is 0 Å². The monoisotopic (exact) mass is 274 g/mol. The van der Waals surface area contributed by atoms with Crippen molar-refractivity contribution in [3.63, 3.8) is 0 Å². The minimum Gasteiger partial charge on any atom is -0.298 e. The maximum Gasteiger partial charge on any atom is 0.159 e. The SMILES string of the molecule is CC(C)(C(=O)Cc1ccc(F)c(F)c1)c1ccccc1. The third-order valence-corrected chi connectivity index (χ3v) is 3.54. The Morgan fingerprint density at radius 3 is 2.25 bits per heavy atom. The molecule has 0 aliphatic rings. The molecule has 0 spiro atoms. The average Bonchev–Trinajstić information content (AvgIpc) is 2.44. The summed E-state index contributed by atoms with van der Waals surface area (Å²) < 4.78 is 26.0. The van der Waals surface area contributed by atoms with E-state index in [0.717, 1.165) is 17.7 Å². The predicted octanol–water partition coefficient (Wildman–Crippen LogP) is 4.05. The molecule has 0 aliphatic heterocycles. The number of ketones is 1. The number of rotatable bonds is 4. The summed E-state index contributed by atoms with van der Waals surface area (Å²) in [5.74, 6) is -1.86. The molecule has 0 saturated carbocycles. The van der Waals surface area contributed by atoms with E-state index in [4.69, 9.17) is 0 Å². The molecular weight excluding hydrogens is 258 g/mol. The van der Waals surface area contributed by atoms with Crippen molar-refractivity contribution in [2.45, 2.75) is 25.7 Å². The first-order valence-corrected chi connectivity index (χ1v) is 6.44. The lowest BCUT2D eigenvalue weighted by Gasteiger charge is -2.23. The van der Waals surface area contributed by atoms with Crippen molar-refractivity contribution in [2.75, 3.05) is 0 Å². The molecule has 0 unspecified atom stereocenters. The van der Waals surface area contributed by atoms with Gasteiger partial charge < -0.3 is 0 Å². The van der Waals surface area contributed by atoms with Gasteiger partial charge in [-0.2, -0.15) is 0 Å². The summed E-state index contributed by atoms with van der Waals surface area (Å²) in [5.41, 5.74) is 0.733. The molecule has 0 amide bonds. The second-order valence-corrected chi connectivity index (χ2v) is 5.34. The summed E-state index contributed by atoms with van der Waals surface area (Å²) in [6.07, 6.45) is 0.0824. The van der Waals surface area contributed by atoms with E-state index < -0.39 is 17.0 Å². The second kappa shape index (κ2) is 5.53. The highest BCUT2D eigenvalue weighted by Crippen LogP contribution is 2.25. The molecule has 0 N–H and O–H groups in total. The number of Topliss-reactive ketones (excluding diaryl/α,β-unsaturated/α-hetero) is 1. The van der Waals surface area contributed by atoms with E-state index >= 15 is 0 Å². The van der Waals surface area contributed by atoms with Crippen molar-refractivity contribution < 1.29 is 13.6 Å². The fraction of sp³-hybridized carbons (Fsp3) is 0.235. The maximum atomic E-state index is 13.2. The smallest absolute Gasteiger partial charge is 0.159 e. The van der Waals surface area contributed by atoms with Crippen molar-refractivity contribution >= 4 is 5.78 Å². The number of hydrogen-bond donors (Lipinski definition) is 0. The summed E-state index contributed by atoms with van der Waals surface area (Å²) in [7, 11) is 0. The van der Waals surface area contributed by atoms with Crippen LogP contribution in [0.4, 0.5) is 8.78 Å². The van der Waals surface area contributed by atoms with Crippen LogP contribution in [0.3, 0.4) is 0 Å². The third-order valence-electron chi connectivity index (χ3n) is 3.54. The Morgan fingerprint density at radius 1 is 1.00 bits per heavy atom. The van der Waals surface area contributed by atoms with Crippen LogP contribution in [-0.2, 0) is 16.6 Å². The lowest BCUT2D eigenvalue weighted by Crippen LogP contribution is -2.30. The van der Waals surface area contributed by atoms with E-state index in [1.54, 1.807) is 0 Å². The molecule has 0 bridgehead atoms. The van der Waals surface area contributed by atoms with Crippen molar-refractivity contribution in [3.05, 3.63) is 71.3 Å². The molecule has 0 atom stereocenters. The normalized spacial score (nSPS) is 11.4.